The summed E-state index contributed by atoms with van der Waals surface area (Å²) in [6, 6.07) is 24.9. The van der Waals surface area contributed by atoms with Gasteiger partial charge in [0.25, 0.3) is 5.91 Å². The summed E-state index contributed by atoms with van der Waals surface area (Å²) in [5.41, 5.74) is 6.24. The molecular formula is C35H40N2O2. The number of hydrogen-bond acceptors (Lipinski definition) is 3. The van der Waals surface area contributed by atoms with E-state index in [1.54, 1.807) is 0 Å². The van der Waals surface area contributed by atoms with Gasteiger partial charge in [-0.1, -0.05) is 74.5 Å². The fraction of sp³-hybridized carbons (Fsp3) is 0.429. The molecule has 4 heteroatoms. The van der Waals surface area contributed by atoms with E-state index >= 15 is 0 Å². The fourth-order valence-corrected chi connectivity index (χ4v) is 7.20. The Hall–Kier alpha value is -3.24. The number of amides is 1. The maximum atomic E-state index is 13.8. The SMILES string of the molecule is CC[C@@]12CCN(CC3CC3)C(C(=O)c3ccc(C(=O)N(C)CCc4ccc(-c5ccccc5)cc4)cc31)[C@@H]2C. The molecule has 2 bridgehead atoms. The summed E-state index contributed by atoms with van der Waals surface area (Å²) in [4.78, 5) is 31.6. The van der Waals surface area contributed by atoms with Gasteiger partial charge in [-0.3, -0.25) is 14.5 Å². The van der Waals surface area contributed by atoms with Gasteiger partial charge in [0, 0.05) is 36.7 Å². The minimum atomic E-state index is -0.0384. The van der Waals surface area contributed by atoms with Crippen LogP contribution in [-0.4, -0.2) is 54.2 Å². The minimum Gasteiger partial charge on any atom is -0.341 e. The Morgan fingerprint density at radius 2 is 1.72 bits per heavy atom. The lowest BCUT2D eigenvalue weighted by Crippen LogP contribution is -2.61. The normalized spacial score (nSPS) is 24.3. The third-order valence-corrected chi connectivity index (χ3v) is 9.88. The summed E-state index contributed by atoms with van der Waals surface area (Å²) in [5.74, 6) is 1.32. The van der Waals surface area contributed by atoms with Crippen molar-refractivity contribution in [2.45, 2.75) is 57.4 Å². The van der Waals surface area contributed by atoms with Crippen LogP contribution in [0.5, 0.6) is 0 Å². The van der Waals surface area contributed by atoms with Crippen molar-refractivity contribution in [2.24, 2.45) is 11.8 Å². The molecule has 0 spiro atoms. The predicted octanol–water partition coefficient (Wildman–Crippen LogP) is 6.63. The quantitative estimate of drug-likeness (QED) is 0.335. The maximum Gasteiger partial charge on any atom is 0.253 e. The Balaban J connectivity index is 1.18. The number of rotatable bonds is 8. The number of carbonyl (C=O) groups is 2. The fourth-order valence-electron chi connectivity index (χ4n) is 7.20. The van der Waals surface area contributed by atoms with Gasteiger partial charge in [0.1, 0.15) is 0 Å². The van der Waals surface area contributed by atoms with Crippen molar-refractivity contribution >= 4 is 11.7 Å². The molecule has 6 rings (SSSR count). The maximum absolute atomic E-state index is 13.8. The summed E-state index contributed by atoms with van der Waals surface area (Å²) in [5, 5.41) is 0. The Kier molecular flexibility index (Phi) is 6.93. The first kappa shape index (κ1) is 26.0. The van der Waals surface area contributed by atoms with Gasteiger partial charge in [-0.15, -0.1) is 0 Å². The lowest BCUT2D eigenvalue weighted by molar-refractivity contribution is 0.0196. The van der Waals surface area contributed by atoms with Gasteiger partial charge < -0.3 is 4.90 Å². The second-order valence-electron chi connectivity index (χ2n) is 12.1. The summed E-state index contributed by atoms with van der Waals surface area (Å²) in [6.45, 7) is 7.22. The van der Waals surface area contributed by atoms with Crippen molar-refractivity contribution < 1.29 is 9.59 Å². The standard InChI is InChI=1S/C35H40N2O2/c1-4-35-19-21-37(23-26-10-11-26)32(24(35)2)33(38)30-17-16-29(22-31(30)35)34(39)36(3)20-18-25-12-14-28(15-13-25)27-8-6-5-7-9-27/h5-9,12-17,22,24,26,32H,4,10-11,18-21,23H2,1-3H3/t24-,32?,35-/m0/s1. The summed E-state index contributed by atoms with van der Waals surface area (Å²) >= 11 is 0. The minimum absolute atomic E-state index is 0.0238. The average Bonchev–Trinajstić information content (AvgIpc) is 3.80. The molecule has 2 aliphatic carbocycles. The topological polar surface area (TPSA) is 40.6 Å². The van der Waals surface area contributed by atoms with Crippen LogP contribution in [0.15, 0.2) is 72.8 Å². The van der Waals surface area contributed by atoms with Gasteiger partial charge in [-0.2, -0.15) is 0 Å². The lowest BCUT2D eigenvalue weighted by atomic mass is 9.56. The van der Waals surface area contributed by atoms with Gasteiger partial charge in [0.2, 0.25) is 0 Å². The second kappa shape index (κ2) is 10.4. The zero-order valence-corrected chi connectivity index (χ0v) is 23.5. The van der Waals surface area contributed by atoms with E-state index in [2.05, 4.69) is 73.3 Å². The van der Waals surface area contributed by atoms with Crippen molar-refractivity contribution in [3.05, 3.63) is 95.1 Å². The van der Waals surface area contributed by atoms with Crippen LogP contribution in [0.4, 0.5) is 0 Å². The van der Waals surface area contributed by atoms with Crippen LogP contribution in [-0.2, 0) is 11.8 Å². The van der Waals surface area contributed by atoms with Gasteiger partial charge in [0.15, 0.2) is 5.78 Å². The zero-order chi connectivity index (χ0) is 27.1. The summed E-state index contributed by atoms with van der Waals surface area (Å²) in [6.07, 6.45) is 5.46. The molecule has 0 aromatic heterocycles. The first-order chi connectivity index (χ1) is 18.9. The first-order valence-corrected chi connectivity index (χ1v) is 14.7. The number of likely N-dealkylation sites (tertiary alicyclic amines) is 1. The van der Waals surface area contributed by atoms with Crippen LogP contribution in [0.25, 0.3) is 11.1 Å². The molecule has 3 aliphatic rings. The lowest BCUT2D eigenvalue weighted by Gasteiger charge is -2.55. The largest absolute Gasteiger partial charge is 0.341 e. The third kappa shape index (κ3) is 4.74. The van der Waals surface area contributed by atoms with Gasteiger partial charge in [-0.05, 0) is 84.9 Å². The number of piperidine rings is 1. The van der Waals surface area contributed by atoms with Gasteiger partial charge in [-0.25, -0.2) is 0 Å². The second-order valence-corrected chi connectivity index (χ2v) is 12.1. The van der Waals surface area contributed by atoms with E-state index in [4.69, 9.17) is 0 Å². The Morgan fingerprint density at radius 3 is 2.41 bits per heavy atom. The zero-order valence-electron chi connectivity index (χ0n) is 23.5. The smallest absolute Gasteiger partial charge is 0.253 e. The molecule has 1 aliphatic heterocycles. The van der Waals surface area contributed by atoms with Crippen molar-refractivity contribution in [2.75, 3.05) is 26.7 Å². The molecule has 202 valence electrons. The number of Topliss-reactive ketones (excluding diaryl/α,β-unsaturated/α-hetero) is 1. The highest BCUT2D eigenvalue weighted by atomic mass is 16.2. The molecule has 4 nitrogen and oxygen atoms in total. The van der Waals surface area contributed by atoms with Crippen LogP contribution in [0, 0.1) is 11.8 Å². The van der Waals surface area contributed by atoms with Crippen molar-refractivity contribution in [3.63, 3.8) is 0 Å². The molecule has 1 amide bonds. The number of carbonyl (C=O) groups excluding carboxylic acids is 2. The molecule has 2 fully saturated rings. The van der Waals surface area contributed by atoms with E-state index in [1.165, 1.54) is 29.5 Å². The van der Waals surface area contributed by atoms with E-state index < -0.39 is 0 Å². The number of nitrogens with zero attached hydrogens (tertiary/aromatic N) is 2. The summed E-state index contributed by atoms with van der Waals surface area (Å²) < 4.78 is 0. The van der Waals surface area contributed by atoms with Crippen molar-refractivity contribution in [3.8, 4) is 11.1 Å². The van der Waals surface area contributed by atoms with E-state index in [0.29, 0.717) is 12.1 Å². The molecule has 0 N–H and O–H groups in total. The first-order valence-electron chi connectivity index (χ1n) is 14.7. The predicted molar refractivity (Wildman–Crippen MR) is 157 cm³/mol. The molecule has 3 aromatic carbocycles. The van der Waals surface area contributed by atoms with Crippen LogP contribution < -0.4 is 0 Å². The van der Waals surface area contributed by atoms with Crippen molar-refractivity contribution in [1.82, 2.24) is 9.80 Å². The number of fused-ring (bicyclic) bond motifs is 4. The monoisotopic (exact) mass is 520 g/mol. The van der Waals surface area contributed by atoms with Crippen molar-refractivity contribution in [1.29, 1.82) is 0 Å². The third-order valence-electron chi connectivity index (χ3n) is 9.88. The van der Waals surface area contributed by atoms with Crippen LogP contribution in [0.2, 0.25) is 0 Å². The van der Waals surface area contributed by atoms with E-state index in [0.717, 1.165) is 49.4 Å². The molecule has 39 heavy (non-hydrogen) atoms. The number of likely N-dealkylation sites (N-methyl/N-ethyl adjacent to an activating group) is 1. The highest BCUT2D eigenvalue weighted by Crippen LogP contribution is 2.51. The Morgan fingerprint density at radius 1 is 1.00 bits per heavy atom. The number of benzene rings is 3. The molecule has 1 saturated heterocycles. The molecule has 3 aromatic rings. The molecule has 0 radical (unpaired) electrons. The van der Waals surface area contributed by atoms with Gasteiger partial charge in [0.05, 0.1) is 6.04 Å². The number of ketones is 1. The highest BCUT2D eigenvalue weighted by Gasteiger charge is 2.54. The van der Waals surface area contributed by atoms with E-state index in [9.17, 15) is 9.59 Å². The van der Waals surface area contributed by atoms with E-state index in [-0.39, 0.29) is 29.1 Å². The van der Waals surface area contributed by atoms with Crippen LogP contribution in [0.3, 0.4) is 0 Å². The molecule has 1 unspecified atom stereocenters. The van der Waals surface area contributed by atoms with E-state index in [1.807, 2.05) is 30.1 Å². The summed E-state index contributed by atoms with van der Waals surface area (Å²) in [7, 11) is 1.88. The molecule has 1 saturated carbocycles. The molecule has 1 heterocycles. The van der Waals surface area contributed by atoms with Crippen LogP contribution >= 0.6 is 0 Å². The number of hydrogen-bond donors (Lipinski definition) is 0. The average molecular weight is 521 g/mol. The van der Waals surface area contributed by atoms with Crippen LogP contribution in [0.1, 0.15) is 71.4 Å². The Bertz CT molecular complexity index is 1360. The van der Waals surface area contributed by atoms with Gasteiger partial charge >= 0.3 is 0 Å². The molecule has 3 atom stereocenters. The Labute approximate surface area is 233 Å². The highest BCUT2D eigenvalue weighted by molar-refractivity contribution is 6.05. The molecular weight excluding hydrogens is 480 g/mol.